The molecule has 106 valence electrons. The number of ether oxygens (including phenoxy) is 1. The van der Waals surface area contributed by atoms with Crippen molar-refractivity contribution in [3.8, 4) is 5.75 Å². The molecule has 1 aromatic rings. The van der Waals surface area contributed by atoms with Gasteiger partial charge in [-0.15, -0.1) is 0 Å². The third-order valence-electron chi connectivity index (χ3n) is 3.63. The van der Waals surface area contributed by atoms with Crippen LogP contribution in [-0.4, -0.2) is 28.1 Å². The van der Waals surface area contributed by atoms with Crippen LogP contribution < -0.4 is 15.2 Å². The summed E-state index contributed by atoms with van der Waals surface area (Å²) in [6, 6.07) is 6.55. The highest BCUT2D eigenvalue weighted by Crippen LogP contribution is 2.28. The van der Waals surface area contributed by atoms with Crippen LogP contribution in [0.2, 0.25) is 0 Å². The Bertz CT molecular complexity index is 530. The Kier molecular flexibility index (Phi) is 4.44. The minimum absolute atomic E-state index is 0.0695. The Hall–Kier alpha value is -1.11. The van der Waals surface area contributed by atoms with Crippen LogP contribution in [0.5, 0.6) is 5.75 Å². The molecule has 0 spiro atoms. The molecule has 5 nitrogen and oxygen atoms in total. The molecule has 0 amide bonds. The van der Waals surface area contributed by atoms with Gasteiger partial charge in [-0.1, -0.05) is 18.6 Å². The molecule has 0 bridgehead atoms. The van der Waals surface area contributed by atoms with Gasteiger partial charge >= 0.3 is 0 Å². The van der Waals surface area contributed by atoms with Crippen molar-refractivity contribution in [3.05, 3.63) is 24.3 Å². The molecule has 0 heterocycles. The smallest absolute Gasteiger partial charge is 0.244 e. The number of methoxy groups -OCH3 is 1. The minimum atomic E-state index is -3.56. The summed E-state index contributed by atoms with van der Waals surface area (Å²) in [5.74, 6) is 0.585. The maximum atomic E-state index is 12.4. The standard InChI is InChI=1S/C13H20N2O3S/c1-18-12-7-2-3-8-13(12)19(16,17)15-11-6-4-5-10(11)9-14/h2-3,7-8,10-11,15H,4-6,9,14H2,1H3/t10-,11+/m0/s1. The largest absolute Gasteiger partial charge is 0.495 e. The summed E-state index contributed by atoms with van der Waals surface area (Å²) < 4.78 is 32.7. The Morgan fingerprint density at radius 1 is 1.37 bits per heavy atom. The topological polar surface area (TPSA) is 81.4 Å². The van der Waals surface area contributed by atoms with Crippen LogP contribution in [0.1, 0.15) is 19.3 Å². The SMILES string of the molecule is COc1ccccc1S(=O)(=O)N[C@@H]1CCC[C@H]1CN. The van der Waals surface area contributed by atoms with Gasteiger partial charge in [0.1, 0.15) is 10.6 Å². The molecule has 1 aliphatic carbocycles. The first kappa shape index (κ1) is 14.3. The van der Waals surface area contributed by atoms with E-state index in [1.54, 1.807) is 24.3 Å². The number of para-hydroxylation sites is 1. The van der Waals surface area contributed by atoms with Crippen LogP contribution in [0.3, 0.4) is 0 Å². The number of nitrogens with one attached hydrogen (secondary N) is 1. The van der Waals surface area contributed by atoms with Crippen LogP contribution in [0, 0.1) is 5.92 Å². The molecule has 3 N–H and O–H groups in total. The molecular formula is C13H20N2O3S. The highest BCUT2D eigenvalue weighted by molar-refractivity contribution is 7.89. The molecule has 2 rings (SSSR count). The van der Waals surface area contributed by atoms with Gasteiger partial charge in [-0.25, -0.2) is 13.1 Å². The fourth-order valence-corrected chi connectivity index (χ4v) is 4.09. The van der Waals surface area contributed by atoms with Crippen LogP contribution >= 0.6 is 0 Å². The molecule has 1 aliphatic rings. The van der Waals surface area contributed by atoms with Crippen LogP contribution in [0.25, 0.3) is 0 Å². The van der Waals surface area contributed by atoms with E-state index in [1.807, 2.05) is 0 Å². The Labute approximate surface area is 114 Å². The summed E-state index contributed by atoms with van der Waals surface area (Å²) in [5.41, 5.74) is 5.68. The molecule has 0 aliphatic heterocycles. The normalized spacial score (nSPS) is 23.5. The van der Waals surface area contributed by atoms with E-state index in [4.69, 9.17) is 10.5 Å². The highest BCUT2D eigenvalue weighted by atomic mass is 32.2. The number of hydrogen-bond donors (Lipinski definition) is 2. The first-order valence-electron chi connectivity index (χ1n) is 6.44. The van der Waals surface area contributed by atoms with Crippen molar-refractivity contribution in [2.45, 2.75) is 30.2 Å². The van der Waals surface area contributed by atoms with Crippen LogP contribution in [0.15, 0.2) is 29.2 Å². The molecule has 0 radical (unpaired) electrons. The van der Waals surface area contributed by atoms with Crippen molar-refractivity contribution in [1.29, 1.82) is 0 Å². The highest BCUT2D eigenvalue weighted by Gasteiger charge is 2.31. The average molecular weight is 284 g/mol. The molecule has 0 aromatic heterocycles. The Morgan fingerprint density at radius 2 is 2.11 bits per heavy atom. The maximum absolute atomic E-state index is 12.4. The van der Waals surface area contributed by atoms with E-state index >= 15 is 0 Å². The van der Waals surface area contributed by atoms with Gasteiger partial charge in [-0.2, -0.15) is 0 Å². The second-order valence-electron chi connectivity index (χ2n) is 4.81. The summed E-state index contributed by atoms with van der Waals surface area (Å²) in [6.07, 6.45) is 2.84. The molecule has 19 heavy (non-hydrogen) atoms. The summed E-state index contributed by atoms with van der Waals surface area (Å²) in [4.78, 5) is 0.181. The van der Waals surface area contributed by atoms with E-state index < -0.39 is 10.0 Å². The van der Waals surface area contributed by atoms with Gasteiger partial charge in [0.15, 0.2) is 0 Å². The molecule has 1 aromatic carbocycles. The lowest BCUT2D eigenvalue weighted by atomic mass is 10.1. The zero-order valence-electron chi connectivity index (χ0n) is 11.0. The lowest BCUT2D eigenvalue weighted by Crippen LogP contribution is -2.39. The zero-order valence-corrected chi connectivity index (χ0v) is 11.8. The van der Waals surface area contributed by atoms with Gasteiger partial charge in [0.2, 0.25) is 10.0 Å². The lowest BCUT2D eigenvalue weighted by Gasteiger charge is -2.20. The van der Waals surface area contributed by atoms with E-state index in [0.717, 1.165) is 19.3 Å². The van der Waals surface area contributed by atoms with Gasteiger partial charge in [-0.05, 0) is 37.4 Å². The average Bonchev–Trinajstić information content (AvgIpc) is 2.85. The number of hydrogen-bond acceptors (Lipinski definition) is 4. The number of nitrogens with two attached hydrogens (primary N) is 1. The van der Waals surface area contributed by atoms with Crippen molar-refractivity contribution in [2.75, 3.05) is 13.7 Å². The molecule has 1 fully saturated rings. The van der Waals surface area contributed by atoms with E-state index in [2.05, 4.69) is 4.72 Å². The first-order chi connectivity index (χ1) is 9.08. The van der Waals surface area contributed by atoms with Crippen molar-refractivity contribution >= 4 is 10.0 Å². The second-order valence-corrected chi connectivity index (χ2v) is 6.49. The predicted molar refractivity (Wildman–Crippen MR) is 73.5 cm³/mol. The monoisotopic (exact) mass is 284 g/mol. The van der Waals surface area contributed by atoms with Crippen LogP contribution in [-0.2, 0) is 10.0 Å². The minimum Gasteiger partial charge on any atom is -0.495 e. The first-order valence-corrected chi connectivity index (χ1v) is 7.92. The molecule has 0 unspecified atom stereocenters. The van der Waals surface area contributed by atoms with Crippen molar-refractivity contribution < 1.29 is 13.2 Å². The summed E-state index contributed by atoms with van der Waals surface area (Å²) in [6.45, 7) is 0.513. The van der Waals surface area contributed by atoms with Gasteiger partial charge in [-0.3, -0.25) is 0 Å². The zero-order chi connectivity index (χ0) is 13.9. The van der Waals surface area contributed by atoms with Crippen molar-refractivity contribution in [2.24, 2.45) is 11.7 Å². The summed E-state index contributed by atoms with van der Waals surface area (Å²) in [5, 5.41) is 0. The van der Waals surface area contributed by atoms with E-state index in [9.17, 15) is 8.42 Å². The third-order valence-corrected chi connectivity index (χ3v) is 5.16. The van der Waals surface area contributed by atoms with Gasteiger partial charge in [0, 0.05) is 6.04 Å². The number of sulfonamides is 1. The van der Waals surface area contributed by atoms with Crippen LogP contribution in [0.4, 0.5) is 0 Å². The van der Waals surface area contributed by atoms with E-state index in [-0.39, 0.29) is 16.9 Å². The third kappa shape index (κ3) is 3.08. The second kappa shape index (κ2) is 5.90. The van der Waals surface area contributed by atoms with Gasteiger partial charge in [0.05, 0.1) is 7.11 Å². The molecule has 0 saturated heterocycles. The molecular weight excluding hydrogens is 264 g/mol. The molecule has 6 heteroatoms. The molecule has 2 atom stereocenters. The number of benzene rings is 1. The van der Waals surface area contributed by atoms with Crippen molar-refractivity contribution in [1.82, 2.24) is 4.72 Å². The Balaban J connectivity index is 2.23. The van der Waals surface area contributed by atoms with Crippen molar-refractivity contribution in [3.63, 3.8) is 0 Å². The fourth-order valence-electron chi connectivity index (χ4n) is 2.58. The van der Waals surface area contributed by atoms with Gasteiger partial charge < -0.3 is 10.5 Å². The lowest BCUT2D eigenvalue weighted by molar-refractivity contribution is 0.400. The van der Waals surface area contributed by atoms with E-state index in [1.165, 1.54) is 7.11 Å². The predicted octanol–water partition coefficient (Wildman–Crippen LogP) is 1.10. The molecule has 1 saturated carbocycles. The van der Waals surface area contributed by atoms with Gasteiger partial charge in [0.25, 0.3) is 0 Å². The quantitative estimate of drug-likeness (QED) is 0.848. The Morgan fingerprint density at radius 3 is 2.79 bits per heavy atom. The van der Waals surface area contributed by atoms with E-state index in [0.29, 0.717) is 12.3 Å². The fraction of sp³-hybridized carbons (Fsp3) is 0.538. The summed E-state index contributed by atoms with van der Waals surface area (Å²) in [7, 11) is -2.10. The summed E-state index contributed by atoms with van der Waals surface area (Å²) >= 11 is 0. The number of rotatable bonds is 5. The maximum Gasteiger partial charge on any atom is 0.244 e.